The van der Waals surface area contributed by atoms with Gasteiger partial charge in [0.2, 0.25) is 0 Å². The van der Waals surface area contributed by atoms with Crippen LogP contribution in [-0.4, -0.2) is 94.1 Å². The molecule has 1 heterocycles. The van der Waals surface area contributed by atoms with Gasteiger partial charge in [-0.05, 0) is 61.7 Å². The number of halogens is 6. The zero-order valence-corrected chi connectivity index (χ0v) is 27.7. The van der Waals surface area contributed by atoms with Crippen LogP contribution in [0.4, 0.5) is 26.3 Å². The Morgan fingerprint density at radius 1 is 0.939 bits per heavy atom. The lowest BCUT2D eigenvalue weighted by atomic mass is 10.0. The van der Waals surface area contributed by atoms with Crippen LogP contribution in [-0.2, 0) is 16.0 Å². The summed E-state index contributed by atoms with van der Waals surface area (Å²) in [6, 6.07) is 10.8. The van der Waals surface area contributed by atoms with Gasteiger partial charge in [0.15, 0.2) is 13.2 Å². The Labute approximate surface area is 281 Å². The number of methoxy groups -OCH3 is 1. The lowest BCUT2D eigenvalue weighted by molar-refractivity contribution is -0.154. The minimum Gasteiger partial charge on any atom is -0.491 e. The van der Waals surface area contributed by atoms with E-state index in [9.17, 15) is 41.0 Å². The Morgan fingerprint density at radius 2 is 1.59 bits per heavy atom. The number of carbonyl (C=O) groups is 2. The van der Waals surface area contributed by atoms with E-state index in [1.165, 1.54) is 7.11 Å². The van der Waals surface area contributed by atoms with Crippen molar-refractivity contribution in [1.82, 2.24) is 16.0 Å². The van der Waals surface area contributed by atoms with Gasteiger partial charge >= 0.3 is 18.3 Å². The van der Waals surface area contributed by atoms with E-state index in [0.29, 0.717) is 31.2 Å². The van der Waals surface area contributed by atoms with E-state index in [1.54, 1.807) is 0 Å². The number of rotatable bonds is 16. The first kappa shape index (κ1) is 41.4. The van der Waals surface area contributed by atoms with E-state index in [1.807, 2.05) is 38.1 Å². The van der Waals surface area contributed by atoms with Gasteiger partial charge in [0.1, 0.15) is 30.0 Å². The molecular formula is C33H45F6N3O7. The van der Waals surface area contributed by atoms with Crippen molar-refractivity contribution in [2.45, 2.75) is 76.5 Å². The smallest absolute Gasteiger partial charge is 0.422 e. The summed E-state index contributed by atoms with van der Waals surface area (Å²) in [5.41, 5.74) is 0.717. The molecule has 2 unspecified atom stereocenters. The van der Waals surface area contributed by atoms with Gasteiger partial charge in [-0.2, -0.15) is 26.3 Å². The molecule has 2 aromatic rings. The number of hydrogen-bond donors (Lipinski definition) is 4. The fourth-order valence-corrected chi connectivity index (χ4v) is 4.36. The molecule has 0 aromatic heterocycles. The van der Waals surface area contributed by atoms with Crippen LogP contribution in [0.2, 0.25) is 0 Å². The average Bonchev–Trinajstić information content (AvgIpc) is 3.06. The van der Waals surface area contributed by atoms with E-state index in [2.05, 4.69) is 30.2 Å². The molecule has 10 nitrogen and oxygen atoms in total. The molecule has 0 radical (unpaired) electrons. The summed E-state index contributed by atoms with van der Waals surface area (Å²) in [6.45, 7) is 2.60. The van der Waals surface area contributed by atoms with Crippen molar-refractivity contribution in [2.75, 3.05) is 46.6 Å². The van der Waals surface area contributed by atoms with Crippen molar-refractivity contribution < 1.29 is 60.0 Å². The second-order valence-corrected chi connectivity index (χ2v) is 11.6. The summed E-state index contributed by atoms with van der Waals surface area (Å²) in [4.78, 5) is 23.5. The molecule has 0 saturated carbocycles. The number of nitrogens with one attached hydrogen (secondary N) is 3. The molecule has 0 bridgehead atoms. The van der Waals surface area contributed by atoms with Crippen molar-refractivity contribution in [3.63, 3.8) is 0 Å². The van der Waals surface area contributed by atoms with E-state index in [-0.39, 0.29) is 36.5 Å². The molecule has 2 aromatic carbocycles. The van der Waals surface area contributed by atoms with Crippen LogP contribution >= 0.6 is 0 Å². The van der Waals surface area contributed by atoms with E-state index >= 15 is 0 Å². The van der Waals surface area contributed by atoms with Gasteiger partial charge in [0.25, 0.3) is 5.91 Å². The largest absolute Gasteiger partial charge is 0.491 e. The Morgan fingerprint density at radius 3 is 2.18 bits per heavy atom. The molecule has 1 fully saturated rings. The zero-order valence-electron chi connectivity index (χ0n) is 27.7. The molecule has 49 heavy (non-hydrogen) atoms. The lowest BCUT2D eigenvalue weighted by Crippen LogP contribution is -2.43. The second kappa shape index (κ2) is 20.7. The van der Waals surface area contributed by atoms with Crippen molar-refractivity contribution in [2.24, 2.45) is 0 Å². The summed E-state index contributed by atoms with van der Waals surface area (Å²) in [5, 5.41) is 18.7. The van der Waals surface area contributed by atoms with Gasteiger partial charge in [0.05, 0.1) is 12.7 Å². The minimum absolute atomic E-state index is 0.0157. The van der Waals surface area contributed by atoms with Crippen molar-refractivity contribution in [3.8, 4) is 17.2 Å². The molecular weight excluding hydrogens is 664 g/mol. The fourth-order valence-electron chi connectivity index (χ4n) is 4.36. The third-order valence-electron chi connectivity index (χ3n) is 6.88. The van der Waals surface area contributed by atoms with Crippen molar-refractivity contribution in [1.29, 1.82) is 0 Å². The molecule has 276 valence electrons. The number of carbonyl (C=O) groups excluding carboxylic acids is 2. The fraction of sp³-hybridized carbons (Fsp3) is 0.576. The summed E-state index contributed by atoms with van der Waals surface area (Å²) >= 11 is 0. The highest BCUT2D eigenvalue weighted by molar-refractivity contribution is 5.97. The van der Waals surface area contributed by atoms with Crippen molar-refractivity contribution >= 4 is 11.9 Å². The van der Waals surface area contributed by atoms with E-state index in [4.69, 9.17) is 4.74 Å². The number of esters is 1. The number of piperidine rings is 1. The topological polar surface area (TPSA) is 127 Å². The molecule has 3 rings (SSSR count). The van der Waals surface area contributed by atoms with Crippen LogP contribution in [0, 0.1) is 0 Å². The quantitative estimate of drug-likeness (QED) is 0.141. The average molecular weight is 710 g/mol. The van der Waals surface area contributed by atoms with Crippen LogP contribution < -0.4 is 30.2 Å². The first-order chi connectivity index (χ1) is 23.0. The summed E-state index contributed by atoms with van der Waals surface area (Å²) in [5.74, 6) is -0.970. The summed E-state index contributed by atoms with van der Waals surface area (Å²) < 4.78 is 93.5. The Kier molecular flexibility index (Phi) is 17.5. The Hall–Kier alpha value is -3.76. The molecule has 0 aliphatic carbocycles. The first-order valence-corrected chi connectivity index (χ1v) is 15.8. The van der Waals surface area contributed by atoms with Crippen molar-refractivity contribution in [3.05, 3.63) is 53.6 Å². The SMILES string of the molecule is COC(=O)CCc1ccc(OCC(O)CNC(C)C)cc1.O=C(NCC1CCCCN1)c1cc(OCC(F)(F)F)ccc1OCC(F)(F)F. The number of aliphatic hydroxyl groups excluding tert-OH is 1. The van der Waals surface area contributed by atoms with Gasteiger partial charge in [-0.3, -0.25) is 9.59 Å². The molecule has 2 atom stereocenters. The molecule has 1 aliphatic rings. The number of amides is 1. The molecule has 16 heteroatoms. The standard InChI is InChI=1S/C17H20F6N2O3.C16H25NO4/c18-16(19,20)9-27-12-4-5-14(28-10-17(21,22)23)13(7-12)15(26)25-8-11-3-1-2-6-24-11;1-12(2)17-10-14(18)11-21-15-7-4-13(5-8-15)6-9-16(19)20-3/h4-5,7,11,24H,1-3,6,8-10H2,(H,25,26);4-5,7-8,12,14,17-18H,6,9-11H2,1-3H3. The number of benzene rings is 2. The van der Waals surface area contributed by atoms with Gasteiger partial charge < -0.3 is 40.0 Å². The summed E-state index contributed by atoms with van der Waals surface area (Å²) in [6.07, 6.45) is -5.93. The number of aryl methyl sites for hydroxylation is 1. The summed E-state index contributed by atoms with van der Waals surface area (Å²) in [7, 11) is 1.39. The normalized spacial score (nSPS) is 15.4. The predicted molar refractivity (Wildman–Crippen MR) is 169 cm³/mol. The number of ether oxygens (including phenoxy) is 4. The highest BCUT2D eigenvalue weighted by Crippen LogP contribution is 2.28. The van der Waals surface area contributed by atoms with Crippen LogP contribution in [0.15, 0.2) is 42.5 Å². The molecule has 4 N–H and O–H groups in total. The van der Waals surface area contributed by atoms with Crippen LogP contribution in [0.1, 0.15) is 55.5 Å². The van der Waals surface area contributed by atoms with E-state index < -0.39 is 43.3 Å². The predicted octanol–water partition coefficient (Wildman–Crippen LogP) is 4.97. The highest BCUT2D eigenvalue weighted by atomic mass is 19.4. The molecule has 0 spiro atoms. The van der Waals surface area contributed by atoms with E-state index in [0.717, 1.165) is 49.6 Å². The molecule has 1 aliphatic heterocycles. The van der Waals surface area contributed by atoms with Gasteiger partial charge in [-0.15, -0.1) is 0 Å². The molecule has 1 saturated heterocycles. The monoisotopic (exact) mass is 709 g/mol. The third-order valence-corrected chi connectivity index (χ3v) is 6.88. The van der Waals surface area contributed by atoms with Gasteiger partial charge in [0, 0.05) is 31.6 Å². The maximum atomic E-state index is 12.4. The van der Waals surface area contributed by atoms with Crippen LogP contribution in [0.5, 0.6) is 17.2 Å². The maximum Gasteiger partial charge on any atom is 0.422 e. The zero-order chi connectivity index (χ0) is 36.5. The first-order valence-electron chi connectivity index (χ1n) is 15.8. The minimum atomic E-state index is -4.63. The number of hydrogen-bond acceptors (Lipinski definition) is 9. The van der Waals surface area contributed by atoms with Crippen LogP contribution in [0.3, 0.4) is 0 Å². The molecule has 1 amide bonds. The Bertz CT molecular complexity index is 1270. The Balaban J connectivity index is 0.000000355. The second-order valence-electron chi connectivity index (χ2n) is 11.6. The lowest BCUT2D eigenvalue weighted by Gasteiger charge is -2.24. The highest BCUT2D eigenvalue weighted by Gasteiger charge is 2.31. The van der Waals surface area contributed by atoms with Crippen LogP contribution in [0.25, 0.3) is 0 Å². The van der Waals surface area contributed by atoms with Gasteiger partial charge in [-0.1, -0.05) is 32.4 Å². The maximum absolute atomic E-state index is 12.4. The number of aliphatic hydroxyl groups is 1. The number of alkyl halides is 6. The van der Waals surface area contributed by atoms with Gasteiger partial charge in [-0.25, -0.2) is 0 Å². The third kappa shape index (κ3) is 18.5.